The number of amides is 3. The lowest BCUT2D eigenvalue weighted by Gasteiger charge is -2.27. The van der Waals surface area contributed by atoms with Crippen molar-refractivity contribution in [1.82, 2.24) is 25.1 Å². The van der Waals surface area contributed by atoms with Crippen LogP contribution in [0.1, 0.15) is 28.0 Å². The molecule has 0 atom stereocenters. The molecule has 0 aliphatic carbocycles. The predicted molar refractivity (Wildman–Crippen MR) is 116 cm³/mol. The van der Waals surface area contributed by atoms with Crippen LogP contribution in [0.4, 0.5) is 4.79 Å². The summed E-state index contributed by atoms with van der Waals surface area (Å²) in [5, 5.41) is 7.72. The van der Waals surface area contributed by atoms with Crippen molar-refractivity contribution < 1.29 is 9.59 Å². The number of aromatic nitrogens is 2. The molecule has 0 unspecified atom stereocenters. The third kappa shape index (κ3) is 5.27. The zero-order valence-corrected chi connectivity index (χ0v) is 17.5. The summed E-state index contributed by atoms with van der Waals surface area (Å²) < 4.78 is 2.00. The molecule has 1 aromatic carbocycles. The molecule has 2 N–H and O–H groups in total. The molecule has 3 aromatic rings. The van der Waals surface area contributed by atoms with E-state index in [2.05, 4.69) is 39.2 Å². The first kappa shape index (κ1) is 20.2. The Morgan fingerprint density at radius 3 is 2.93 bits per heavy atom. The summed E-state index contributed by atoms with van der Waals surface area (Å²) in [6.45, 7) is 2.95. The Bertz CT molecular complexity index is 999. The van der Waals surface area contributed by atoms with Crippen LogP contribution < -0.4 is 10.6 Å². The van der Waals surface area contributed by atoms with Crippen LogP contribution in [-0.2, 0) is 30.8 Å². The molecular formula is C22H25N5O2S. The molecule has 1 aliphatic heterocycles. The molecule has 0 saturated carbocycles. The van der Waals surface area contributed by atoms with Crippen molar-refractivity contribution >= 4 is 23.3 Å². The average Bonchev–Trinajstić information content (AvgIpc) is 3.43. The molecule has 4 rings (SSSR count). The summed E-state index contributed by atoms with van der Waals surface area (Å²) >= 11 is 1.76. The maximum absolute atomic E-state index is 12.4. The lowest BCUT2D eigenvalue weighted by atomic mass is 10.1. The first-order chi connectivity index (χ1) is 14.7. The van der Waals surface area contributed by atoms with Gasteiger partial charge in [-0.2, -0.15) is 0 Å². The molecule has 3 amide bonds. The minimum atomic E-state index is -0.262. The van der Waals surface area contributed by atoms with Gasteiger partial charge in [0.25, 0.3) is 0 Å². The van der Waals surface area contributed by atoms with Crippen molar-refractivity contribution in [3.63, 3.8) is 0 Å². The number of imidazole rings is 1. The highest BCUT2D eigenvalue weighted by Gasteiger charge is 2.21. The zero-order chi connectivity index (χ0) is 20.8. The van der Waals surface area contributed by atoms with E-state index in [1.165, 1.54) is 10.4 Å². The highest BCUT2D eigenvalue weighted by molar-refractivity contribution is 7.10. The van der Waals surface area contributed by atoms with Crippen LogP contribution in [0, 0.1) is 0 Å². The maximum Gasteiger partial charge on any atom is 0.315 e. The fourth-order valence-electron chi connectivity index (χ4n) is 3.58. The van der Waals surface area contributed by atoms with Crippen LogP contribution >= 0.6 is 11.3 Å². The number of urea groups is 1. The van der Waals surface area contributed by atoms with Gasteiger partial charge in [0.15, 0.2) is 0 Å². The van der Waals surface area contributed by atoms with Crippen LogP contribution in [0.2, 0.25) is 0 Å². The molecule has 2 aromatic heterocycles. The van der Waals surface area contributed by atoms with E-state index in [9.17, 15) is 9.59 Å². The second-order valence-electron chi connectivity index (χ2n) is 7.35. The number of hydrogen-bond acceptors (Lipinski definition) is 4. The summed E-state index contributed by atoms with van der Waals surface area (Å²) in [4.78, 5) is 31.8. The second kappa shape index (κ2) is 9.58. The molecule has 0 fully saturated rings. The summed E-state index contributed by atoms with van der Waals surface area (Å²) in [6.07, 6.45) is 6.69. The van der Waals surface area contributed by atoms with E-state index in [0.29, 0.717) is 26.1 Å². The van der Waals surface area contributed by atoms with E-state index in [0.717, 1.165) is 30.6 Å². The predicted octanol–water partition coefficient (Wildman–Crippen LogP) is 2.77. The molecule has 7 nitrogen and oxygen atoms in total. The fourth-order valence-corrected chi connectivity index (χ4v) is 4.47. The monoisotopic (exact) mass is 423 g/mol. The van der Waals surface area contributed by atoms with E-state index in [1.54, 1.807) is 23.9 Å². The van der Waals surface area contributed by atoms with E-state index in [1.807, 2.05) is 27.8 Å². The number of hydrogen-bond donors (Lipinski definition) is 2. The van der Waals surface area contributed by atoms with Gasteiger partial charge in [-0.15, -0.1) is 11.3 Å². The number of carbonyl (C=O) groups is 2. The Morgan fingerprint density at radius 1 is 1.17 bits per heavy atom. The van der Waals surface area contributed by atoms with Crippen molar-refractivity contribution in [2.75, 3.05) is 13.1 Å². The third-order valence-corrected chi connectivity index (χ3v) is 6.18. The van der Waals surface area contributed by atoms with Gasteiger partial charge >= 0.3 is 6.03 Å². The van der Waals surface area contributed by atoms with Crippen molar-refractivity contribution in [2.45, 2.75) is 32.5 Å². The van der Waals surface area contributed by atoms with Crippen LogP contribution in [-0.4, -0.2) is 39.5 Å². The normalized spacial score (nSPS) is 13.0. The minimum absolute atomic E-state index is 0.0827. The Balaban J connectivity index is 1.17. The van der Waals surface area contributed by atoms with Crippen molar-refractivity contribution in [3.8, 4) is 0 Å². The number of rotatable bonds is 7. The number of thiophene rings is 1. The van der Waals surface area contributed by atoms with Gasteiger partial charge in [0.1, 0.15) is 0 Å². The minimum Gasteiger partial charge on any atom is -0.338 e. The van der Waals surface area contributed by atoms with Gasteiger partial charge in [0, 0.05) is 56.4 Å². The molecule has 0 spiro atoms. The lowest BCUT2D eigenvalue weighted by molar-refractivity contribution is -0.131. The highest BCUT2D eigenvalue weighted by Crippen LogP contribution is 2.24. The van der Waals surface area contributed by atoms with E-state index < -0.39 is 0 Å². The van der Waals surface area contributed by atoms with Crippen molar-refractivity contribution in [2.24, 2.45) is 0 Å². The van der Waals surface area contributed by atoms with Crippen molar-refractivity contribution in [1.29, 1.82) is 0 Å². The third-order valence-electron chi connectivity index (χ3n) is 5.15. The molecule has 8 heteroatoms. The first-order valence-corrected chi connectivity index (χ1v) is 10.9. The first-order valence-electron chi connectivity index (χ1n) is 10.1. The largest absolute Gasteiger partial charge is 0.338 e. The number of nitrogens with one attached hydrogen (secondary N) is 2. The van der Waals surface area contributed by atoms with Gasteiger partial charge < -0.3 is 20.1 Å². The molecule has 3 heterocycles. The maximum atomic E-state index is 12.4. The van der Waals surface area contributed by atoms with Crippen LogP contribution in [0.25, 0.3) is 0 Å². The Labute approximate surface area is 179 Å². The van der Waals surface area contributed by atoms with Gasteiger partial charge in [-0.3, -0.25) is 4.79 Å². The molecule has 1 aliphatic rings. The van der Waals surface area contributed by atoms with Gasteiger partial charge in [-0.05, 0) is 34.6 Å². The molecule has 156 valence electrons. The quantitative estimate of drug-likeness (QED) is 0.613. The van der Waals surface area contributed by atoms with Gasteiger partial charge in [-0.25, -0.2) is 9.78 Å². The smallest absolute Gasteiger partial charge is 0.315 e. The number of nitrogens with zero attached hydrogens (tertiary/aromatic N) is 3. The zero-order valence-electron chi connectivity index (χ0n) is 16.7. The van der Waals surface area contributed by atoms with Gasteiger partial charge in [0.05, 0.1) is 6.33 Å². The molecule has 0 radical (unpaired) electrons. The topological polar surface area (TPSA) is 79.3 Å². The summed E-state index contributed by atoms with van der Waals surface area (Å²) in [5.74, 6) is 0.0827. The Morgan fingerprint density at radius 2 is 2.07 bits per heavy atom. The van der Waals surface area contributed by atoms with Crippen LogP contribution in [0.3, 0.4) is 0 Å². The Kier molecular flexibility index (Phi) is 6.44. The molecule has 30 heavy (non-hydrogen) atoms. The van der Waals surface area contributed by atoms with Crippen molar-refractivity contribution in [3.05, 3.63) is 76.0 Å². The number of carbonyl (C=O) groups excluding carboxylic acids is 2. The standard InChI is InChI=1S/C22H25N5O2S/c28-21(27-9-5-20-19(15-27)6-11-30-20)4-7-24-22(29)25-13-17-2-1-3-18(12-17)14-26-10-8-23-16-26/h1-3,6,8,10-12,16H,4-5,7,9,13-15H2,(H2,24,25,29). The Hall–Kier alpha value is -3.13. The van der Waals surface area contributed by atoms with Crippen LogP contribution in [0.5, 0.6) is 0 Å². The highest BCUT2D eigenvalue weighted by atomic mass is 32.1. The summed E-state index contributed by atoms with van der Waals surface area (Å²) in [6, 6.07) is 9.92. The van der Waals surface area contributed by atoms with Gasteiger partial charge in [-0.1, -0.05) is 24.3 Å². The lowest BCUT2D eigenvalue weighted by Crippen LogP contribution is -2.40. The van der Waals surface area contributed by atoms with E-state index in [-0.39, 0.29) is 11.9 Å². The SMILES string of the molecule is O=C(NCCC(=O)N1CCc2sccc2C1)NCc1cccc(Cn2ccnc2)c1. The van der Waals surface area contributed by atoms with Gasteiger partial charge in [0.2, 0.25) is 5.91 Å². The van der Waals surface area contributed by atoms with Crippen LogP contribution in [0.15, 0.2) is 54.4 Å². The second-order valence-corrected chi connectivity index (χ2v) is 8.35. The number of benzene rings is 1. The molecule has 0 bridgehead atoms. The molecule has 0 saturated heterocycles. The fraction of sp³-hybridized carbons (Fsp3) is 0.318. The molecular weight excluding hydrogens is 398 g/mol. The van der Waals surface area contributed by atoms with E-state index in [4.69, 9.17) is 0 Å². The average molecular weight is 424 g/mol. The summed E-state index contributed by atoms with van der Waals surface area (Å²) in [5.41, 5.74) is 3.42. The number of fused-ring (bicyclic) bond motifs is 1. The van der Waals surface area contributed by atoms with E-state index >= 15 is 0 Å². The summed E-state index contributed by atoms with van der Waals surface area (Å²) in [7, 11) is 0.